The maximum Gasteiger partial charge on any atom is 3.00 e. The van der Waals surface area contributed by atoms with E-state index in [0.29, 0.717) is 0 Å². The van der Waals surface area contributed by atoms with Gasteiger partial charge in [-0.05, 0) is 0 Å². The third kappa shape index (κ3) is 15.6. The summed E-state index contributed by atoms with van der Waals surface area (Å²) in [5, 5.41) is 0. The van der Waals surface area contributed by atoms with Gasteiger partial charge in [0, 0.05) is 0 Å². The van der Waals surface area contributed by atoms with Gasteiger partial charge in [-0.25, -0.2) is 12.2 Å². The van der Waals surface area contributed by atoms with Gasteiger partial charge in [-0.3, -0.25) is 6.08 Å². The van der Waals surface area contributed by atoms with E-state index in [-0.39, 0.29) is 31.9 Å². The molecule has 2 heteroatoms. The number of carbonyl (C=O) groups is 1. The van der Waals surface area contributed by atoms with Crippen LogP contribution in [0.2, 0.25) is 0 Å². The second-order valence-electron chi connectivity index (χ2n) is 1.00. The largest absolute Gasteiger partial charge is 3.00 e. The summed E-state index contributed by atoms with van der Waals surface area (Å²) in [6.45, 7) is 2.00. The summed E-state index contributed by atoms with van der Waals surface area (Å²) in [4.78, 5) is 8.00. The van der Waals surface area contributed by atoms with Crippen molar-refractivity contribution >= 4 is 6.79 Å². The molecule has 0 spiro atoms. The van der Waals surface area contributed by atoms with Crippen molar-refractivity contribution in [3.8, 4) is 0 Å². The Morgan fingerprint density at radius 3 is 1.90 bits per heavy atom. The van der Waals surface area contributed by atoms with Crippen molar-refractivity contribution in [2.24, 2.45) is 0 Å². The predicted octanol–water partition coefficient (Wildman–Crippen LogP) is 2.02. The average molecular weight is 180 g/mol. The van der Waals surface area contributed by atoms with Crippen molar-refractivity contribution in [2.75, 3.05) is 0 Å². The molecule has 0 aliphatic heterocycles. The fourth-order valence-corrected chi connectivity index (χ4v) is 0.340. The van der Waals surface area contributed by atoms with Crippen molar-refractivity contribution in [1.29, 1.82) is 0 Å². The van der Waals surface area contributed by atoms with Crippen molar-refractivity contribution in [2.45, 2.75) is 6.42 Å². The number of hydrogen-bond donors (Lipinski definition) is 0. The van der Waals surface area contributed by atoms with Crippen LogP contribution in [-0.2, 0) is 21.9 Å². The standard InChI is InChI=1S/C5H5.CH2O.2CH3.Mn/c1-2-4-5-3-1;1-2;;;/h1-3H,4H2;1H2;2*1H3;/q-1;;2*-1;+3. The molecule has 10 heavy (non-hydrogen) atoms. The van der Waals surface area contributed by atoms with Gasteiger partial charge in [0.05, 0.1) is 0 Å². The van der Waals surface area contributed by atoms with Gasteiger partial charge in [0.2, 0.25) is 0 Å². The monoisotopic (exact) mass is 180 g/mol. The zero-order valence-corrected chi connectivity index (χ0v) is 7.61. The Bertz CT molecular complexity index is 77.3. The molecule has 58 valence electrons. The molecule has 0 fully saturated rings. The van der Waals surface area contributed by atoms with Crippen LogP contribution in [0.1, 0.15) is 6.42 Å². The van der Waals surface area contributed by atoms with E-state index in [1.807, 2.05) is 18.9 Å². The van der Waals surface area contributed by atoms with Crippen molar-refractivity contribution in [3.63, 3.8) is 0 Å². The van der Waals surface area contributed by atoms with E-state index in [9.17, 15) is 0 Å². The van der Waals surface area contributed by atoms with Crippen LogP contribution >= 0.6 is 0 Å². The van der Waals surface area contributed by atoms with E-state index in [4.69, 9.17) is 4.79 Å². The van der Waals surface area contributed by atoms with Gasteiger partial charge in [-0.15, -0.1) is 6.42 Å². The summed E-state index contributed by atoms with van der Waals surface area (Å²) in [5.74, 6) is 0. The van der Waals surface area contributed by atoms with Gasteiger partial charge in [-0.1, -0.05) is 0 Å². The maximum absolute atomic E-state index is 8.00. The summed E-state index contributed by atoms with van der Waals surface area (Å²) in [7, 11) is 0. The molecule has 0 aromatic heterocycles. The summed E-state index contributed by atoms with van der Waals surface area (Å²) in [5.41, 5.74) is 0. The quantitative estimate of drug-likeness (QED) is 0.411. The van der Waals surface area contributed by atoms with Crippen LogP contribution in [0.3, 0.4) is 0 Å². The fourth-order valence-electron chi connectivity index (χ4n) is 0.340. The molecule has 0 saturated carbocycles. The molecule has 0 heterocycles. The molecule has 1 aliphatic rings. The molecular weight excluding hydrogens is 167 g/mol. The molecule has 0 amide bonds. The Morgan fingerprint density at radius 1 is 1.30 bits per heavy atom. The normalized spacial score (nSPS) is 9.20. The van der Waals surface area contributed by atoms with Crippen LogP contribution in [0.5, 0.6) is 0 Å². The Kier molecular flexibility index (Phi) is 52.9. The summed E-state index contributed by atoms with van der Waals surface area (Å²) in [6.07, 6.45) is 10.0. The summed E-state index contributed by atoms with van der Waals surface area (Å²) < 4.78 is 0. The molecule has 0 bridgehead atoms. The second kappa shape index (κ2) is 23.4. The number of hydrogen-bond acceptors (Lipinski definition) is 1. The molecule has 1 rings (SSSR count). The molecular formula is C8H13MnO. The Labute approximate surface area is 74.7 Å². The van der Waals surface area contributed by atoms with Gasteiger partial charge in [0.1, 0.15) is 6.79 Å². The zero-order valence-electron chi connectivity index (χ0n) is 6.43. The molecule has 0 saturated heterocycles. The molecule has 0 unspecified atom stereocenters. The summed E-state index contributed by atoms with van der Waals surface area (Å²) >= 11 is 0. The Hall–Kier alpha value is -0.331. The topological polar surface area (TPSA) is 17.1 Å². The zero-order chi connectivity index (χ0) is 5.54. The van der Waals surface area contributed by atoms with Gasteiger partial charge in [0.15, 0.2) is 0 Å². The first-order valence-corrected chi connectivity index (χ1v) is 2.01. The molecule has 1 nitrogen and oxygen atoms in total. The molecule has 0 aromatic carbocycles. The molecule has 0 N–H and O–H groups in total. The number of rotatable bonds is 0. The van der Waals surface area contributed by atoms with Gasteiger partial charge in [0.25, 0.3) is 0 Å². The number of carbonyl (C=O) groups excluding carboxylic acids is 1. The minimum Gasteiger partial charge on any atom is -0.358 e. The first kappa shape index (κ1) is 22.6. The van der Waals surface area contributed by atoms with Gasteiger partial charge in [-0.2, -0.15) is 6.08 Å². The summed E-state index contributed by atoms with van der Waals surface area (Å²) in [6, 6.07) is 0. The van der Waals surface area contributed by atoms with Gasteiger partial charge >= 0.3 is 17.1 Å². The first-order valence-electron chi connectivity index (χ1n) is 2.01. The maximum atomic E-state index is 8.00. The smallest absolute Gasteiger partial charge is 0.358 e. The van der Waals surface area contributed by atoms with Crippen LogP contribution < -0.4 is 0 Å². The minimum absolute atomic E-state index is 0. The van der Waals surface area contributed by atoms with E-state index < -0.39 is 0 Å². The number of allylic oxidation sites excluding steroid dienone is 4. The molecule has 0 atom stereocenters. The second-order valence-corrected chi connectivity index (χ2v) is 1.00. The third-order valence-corrected chi connectivity index (χ3v) is 0.586. The predicted molar refractivity (Wildman–Crippen MR) is 41.5 cm³/mol. The minimum atomic E-state index is 0. The van der Waals surface area contributed by atoms with E-state index in [1.54, 1.807) is 0 Å². The van der Waals surface area contributed by atoms with Crippen LogP contribution in [-0.4, -0.2) is 6.79 Å². The van der Waals surface area contributed by atoms with E-state index in [2.05, 4.69) is 12.2 Å². The van der Waals surface area contributed by atoms with Crippen LogP contribution in [0.25, 0.3) is 0 Å². The first-order chi connectivity index (χ1) is 3.50. The van der Waals surface area contributed by atoms with Crippen molar-refractivity contribution < 1.29 is 21.9 Å². The van der Waals surface area contributed by atoms with E-state index >= 15 is 0 Å². The Balaban J connectivity index is -0.0000000337. The fraction of sp³-hybridized carbons (Fsp3) is 0.125. The van der Waals surface area contributed by atoms with Crippen molar-refractivity contribution in [1.82, 2.24) is 0 Å². The Morgan fingerprint density at radius 2 is 1.80 bits per heavy atom. The van der Waals surface area contributed by atoms with Crippen LogP contribution in [0.15, 0.2) is 18.2 Å². The molecule has 1 aliphatic carbocycles. The molecule has 0 aromatic rings. The van der Waals surface area contributed by atoms with Gasteiger partial charge < -0.3 is 19.6 Å². The molecule has 0 radical (unpaired) electrons. The van der Waals surface area contributed by atoms with E-state index in [0.717, 1.165) is 6.42 Å². The van der Waals surface area contributed by atoms with Crippen LogP contribution in [0, 0.1) is 20.9 Å². The van der Waals surface area contributed by atoms with E-state index in [1.165, 1.54) is 0 Å². The van der Waals surface area contributed by atoms with Crippen molar-refractivity contribution in [3.05, 3.63) is 39.2 Å². The SMILES string of the molecule is C=O.[C-]1=CC=CC1.[CH3-].[CH3-].[Mn+3]. The third-order valence-electron chi connectivity index (χ3n) is 0.586. The van der Waals surface area contributed by atoms with Crippen LogP contribution in [0.4, 0.5) is 0 Å². The average Bonchev–Trinajstić information content (AvgIpc) is 2.23.